The largest absolute Gasteiger partial charge is 0.505 e. The average molecular weight is 389 g/mol. The molecule has 0 aliphatic rings. The van der Waals surface area contributed by atoms with Crippen LogP contribution in [0.25, 0.3) is 10.6 Å². The highest BCUT2D eigenvalue weighted by atomic mass is 32.1. The van der Waals surface area contributed by atoms with Crippen molar-refractivity contribution in [3.8, 4) is 16.3 Å². The highest BCUT2D eigenvalue weighted by Crippen LogP contribution is 2.29. The first-order chi connectivity index (χ1) is 12.8. The van der Waals surface area contributed by atoms with Gasteiger partial charge in [-0.3, -0.25) is 4.79 Å². The third-order valence-corrected chi connectivity index (χ3v) is 5.20. The number of thiazole rings is 1. The minimum Gasteiger partial charge on any atom is -0.505 e. The molecule has 0 aliphatic carbocycles. The third-order valence-electron chi connectivity index (χ3n) is 4.09. The maximum atomic E-state index is 13.5. The Morgan fingerprint density at radius 1 is 1.37 bits per heavy atom. The molecule has 0 radical (unpaired) electrons. The Bertz CT molecular complexity index is 1040. The Labute approximate surface area is 157 Å². The highest BCUT2D eigenvalue weighted by Gasteiger charge is 2.23. The lowest BCUT2D eigenvalue weighted by atomic mass is 10.0. The number of phenols is 1. The van der Waals surface area contributed by atoms with Gasteiger partial charge in [-0.1, -0.05) is 0 Å². The number of aromatic nitrogens is 2. The number of hydrogen-bond acceptors (Lipinski definition) is 6. The first kappa shape index (κ1) is 18.6. The summed E-state index contributed by atoms with van der Waals surface area (Å²) in [6.07, 6.45) is 3.47. The molecule has 2 aromatic heterocycles. The number of aryl methyl sites for hydroxylation is 2. The van der Waals surface area contributed by atoms with Crippen LogP contribution in [0.15, 0.2) is 30.6 Å². The first-order valence-corrected chi connectivity index (χ1v) is 8.74. The molecule has 0 spiro atoms. The van der Waals surface area contributed by atoms with Crippen molar-refractivity contribution < 1.29 is 24.2 Å². The zero-order valence-corrected chi connectivity index (χ0v) is 15.1. The molecule has 0 saturated carbocycles. The number of nitrogens with zero attached hydrogens (tertiary/aromatic N) is 2. The van der Waals surface area contributed by atoms with Crippen LogP contribution in [0.2, 0.25) is 0 Å². The molecule has 3 rings (SSSR count). The summed E-state index contributed by atoms with van der Waals surface area (Å²) >= 11 is 1.30. The molecule has 0 saturated heterocycles. The van der Waals surface area contributed by atoms with E-state index in [1.54, 1.807) is 19.3 Å². The smallest absolute Gasteiger partial charge is 0.340 e. The molecule has 0 unspecified atom stereocenters. The van der Waals surface area contributed by atoms with Crippen LogP contribution in [0, 0.1) is 5.82 Å². The quantitative estimate of drug-likeness (QED) is 0.558. The number of phenolic OH excluding ortho intramolecular Hbond substituents is 1. The van der Waals surface area contributed by atoms with Gasteiger partial charge in [0.2, 0.25) is 0 Å². The van der Waals surface area contributed by atoms with Crippen molar-refractivity contribution in [1.29, 1.82) is 0 Å². The standard InChI is InChI=1S/C18H16FN3O4S/c1-22-8-11(15(16(22)20)18(25)26)13(23)5-3-10-7-21-17(27-10)9-2-4-14(24)12(19)6-9/h2,4,6-8,24H,3,5,20H2,1H3,(H,25,26). The van der Waals surface area contributed by atoms with E-state index in [1.165, 1.54) is 34.2 Å². The fraction of sp³-hybridized carbons (Fsp3) is 0.167. The van der Waals surface area contributed by atoms with Gasteiger partial charge in [0.1, 0.15) is 16.4 Å². The number of aromatic hydroxyl groups is 1. The van der Waals surface area contributed by atoms with Crippen molar-refractivity contribution >= 4 is 28.9 Å². The van der Waals surface area contributed by atoms with Crippen molar-refractivity contribution in [3.05, 3.63) is 52.4 Å². The van der Waals surface area contributed by atoms with Gasteiger partial charge in [-0.25, -0.2) is 14.2 Å². The molecule has 0 amide bonds. The van der Waals surface area contributed by atoms with E-state index in [9.17, 15) is 24.2 Å². The second-order valence-electron chi connectivity index (χ2n) is 5.94. The van der Waals surface area contributed by atoms with Crippen LogP contribution in [0.3, 0.4) is 0 Å². The highest BCUT2D eigenvalue weighted by molar-refractivity contribution is 7.15. The molecule has 0 fully saturated rings. The van der Waals surface area contributed by atoms with E-state index < -0.39 is 17.5 Å². The number of carbonyl (C=O) groups is 2. The fourth-order valence-electron chi connectivity index (χ4n) is 2.65. The number of aromatic carboxylic acids is 1. The van der Waals surface area contributed by atoms with Gasteiger partial charge in [0.15, 0.2) is 17.3 Å². The molecular formula is C18H16FN3O4S. The topological polar surface area (TPSA) is 118 Å². The van der Waals surface area contributed by atoms with E-state index in [2.05, 4.69) is 4.98 Å². The minimum absolute atomic E-state index is 0.0280. The fourth-order valence-corrected chi connectivity index (χ4v) is 3.55. The number of ketones is 1. The zero-order valence-electron chi connectivity index (χ0n) is 14.3. The van der Waals surface area contributed by atoms with Crippen molar-refractivity contribution in [2.45, 2.75) is 12.8 Å². The lowest BCUT2D eigenvalue weighted by molar-refractivity contribution is 0.0693. The lowest BCUT2D eigenvalue weighted by Crippen LogP contribution is -2.08. The molecule has 0 atom stereocenters. The zero-order chi connectivity index (χ0) is 19.7. The first-order valence-electron chi connectivity index (χ1n) is 7.92. The van der Waals surface area contributed by atoms with Crippen molar-refractivity contribution in [2.75, 3.05) is 5.73 Å². The number of nitrogens with two attached hydrogens (primary N) is 1. The maximum absolute atomic E-state index is 13.5. The number of carbonyl (C=O) groups excluding carboxylic acids is 1. The predicted octanol–water partition coefficient (Wildman–Crippen LogP) is 3.09. The van der Waals surface area contributed by atoms with Gasteiger partial charge >= 0.3 is 5.97 Å². The second kappa shape index (κ2) is 7.20. The number of rotatable bonds is 6. The molecule has 0 bridgehead atoms. The van der Waals surface area contributed by atoms with Gasteiger partial charge in [0.25, 0.3) is 0 Å². The lowest BCUT2D eigenvalue weighted by Gasteiger charge is -2.00. The van der Waals surface area contributed by atoms with Crippen LogP contribution in [0.1, 0.15) is 32.0 Å². The van der Waals surface area contributed by atoms with Crippen LogP contribution in [0.5, 0.6) is 5.75 Å². The van der Waals surface area contributed by atoms with Gasteiger partial charge in [0.05, 0.1) is 5.56 Å². The van der Waals surface area contributed by atoms with Crippen molar-refractivity contribution in [3.63, 3.8) is 0 Å². The van der Waals surface area contributed by atoms with E-state index in [1.807, 2.05) is 0 Å². The Hall–Kier alpha value is -3.20. The van der Waals surface area contributed by atoms with Crippen LogP contribution in [0.4, 0.5) is 10.2 Å². The molecule has 0 aliphatic heterocycles. The Kier molecular flexibility index (Phi) is 4.95. The Balaban J connectivity index is 1.74. The second-order valence-corrected chi connectivity index (χ2v) is 7.06. The van der Waals surface area contributed by atoms with Crippen LogP contribution in [-0.2, 0) is 13.5 Å². The Morgan fingerprint density at radius 3 is 2.78 bits per heavy atom. The third kappa shape index (κ3) is 3.68. The summed E-state index contributed by atoms with van der Waals surface area (Å²) in [4.78, 5) is 28.8. The van der Waals surface area contributed by atoms with Crippen LogP contribution < -0.4 is 5.73 Å². The van der Waals surface area contributed by atoms with Gasteiger partial charge in [-0.15, -0.1) is 11.3 Å². The maximum Gasteiger partial charge on any atom is 0.340 e. The molecule has 9 heteroatoms. The van der Waals surface area contributed by atoms with E-state index in [0.717, 1.165) is 4.88 Å². The summed E-state index contributed by atoms with van der Waals surface area (Å²) < 4.78 is 14.9. The molecular weight excluding hydrogens is 373 g/mol. The van der Waals surface area contributed by atoms with Crippen LogP contribution in [-0.4, -0.2) is 31.5 Å². The summed E-state index contributed by atoms with van der Waals surface area (Å²) in [5, 5.41) is 19.1. The molecule has 2 heterocycles. The molecule has 1 aromatic carbocycles. The van der Waals surface area contributed by atoms with Crippen molar-refractivity contribution in [2.24, 2.45) is 7.05 Å². The number of carboxylic acids is 1. The molecule has 140 valence electrons. The molecule has 3 aromatic rings. The number of benzene rings is 1. The minimum atomic E-state index is -1.24. The van der Waals surface area contributed by atoms with Gasteiger partial charge in [-0.2, -0.15) is 0 Å². The SMILES string of the molecule is Cn1cc(C(=O)CCc2cnc(-c3ccc(O)c(F)c3)s2)c(C(=O)O)c1N. The number of carboxylic acid groups (broad SMARTS) is 1. The monoisotopic (exact) mass is 389 g/mol. The van der Waals surface area contributed by atoms with Crippen molar-refractivity contribution in [1.82, 2.24) is 9.55 Å². The summed E-state index contributed by atoms with van der Waals surface area (Å²) in [6.45, 7) is 0. The van der Waals surface area contributed by atoms with Gasteiger partial charge in [0, 0.05) is 36.3 Å². The summed E-state index contributed by atoms with van der Waals surface area (Å²) in [7, 11) is 1.57. The average Bonchev–Trinajstić information content (AvgIpc) is 3.20. The van der Waals surface area contributed by atoms with E-state index in [4.69, 9.17) is 5.73 Å². The number of halogens is 1. The molecule has 27 heavy (non-hydrogen) atoms. The van der Waals surface area contributed by atoms with Gasteiger partial charge in [-0.05, 0) is 24.6 Å². The van der Waals surface area contributed by atoms with E-state index in [0.29, 0.717) is 17.0 Å². The van der Waals surface area contributed by atoms with Gasteiger partial charge < -0.3 is 20.5 Å². The molecule has 7 nitrogen and oxygen atoms in total. The summed E-state index contributed by atoms with van der Waals surface area (Å²) in [6, 6.07) is 4.00. The summed E-state index contributed by atoms with van der Waals surface area (Å²) in [5.74, 6) is -2.71. The number of hydrogen-bond donors (Lipinski definition) is 3. The predicted molar refractivity (Wildman–Crippen MR) is 98.6 cm³/mol. The molecule has 4 N–H and O–H groups in total. The van der Waals surface area contributed by atoms with E-state index in [-0.39, 0.29) is 29.1 Å². The normalized spacial score (nSPS) is 10.9. The number of Topliss-reactive ketones (excluding diaryl/α,β-unsaturated/α-hetero) is 1. The van der Waals surface area contributed by atoms with Crippen LogP contribution >= 0.6 is 11.3 Å². The number of anilines is 1. The number of nitrogen functional groups attached to an aromatic ring is 1. The van der Waals surface area contributed by atoms with E-state index >= 15 is 0 Å². The Morgan fingerprint density at radius 2 is 2.11 bits per heavy atom. The summed E-state index contributed by atoms with van der Waals surface area (Å²) in [5.41, 5.74) is 6.13.